The number of aromatic nitrogens is 3. The number of carbonyl (C=O) groups is 2. The largest absolute Gasteiger partial charge is 0.462 e. The van der Waals surface area contributed by atoms with Crippen molar-refractivity contribution in [2.75, 3.05) is 11.9 Å². The Morgan fingerprint density at radius 1 is 1.16 bits per heavy atom. The lowest BCUT2D eigenvalue weighted by Gasteiger charge is -2.13. The molecule has 10 nitrogen and oxygen atoms in total. The SMILES string of the molecule is CCOC(=O)c1cnn2c(-c3cc(NC(=O)c4ccc(C)c(C(F)(F)F)c4)ccc3[N+](=O)[O-])ccnc12. The lowest BCUT2D eigenvalue weighted by molar-refractivity contribution is -0.384. The summed E-state index contributed by atoms with van der Waals surface area (Å²) in [4.78, 5) is 40.2. The number of nitrogens with one attached hydrogen (secondary N) is 1. The standard InChI is InChI=1S/C24H18F3N5O5/c1-3-37-23(34)17-12-29-31-19(8-9-28-21(17)31)16-11-15(6-7-20(16)32(35)36)30-22(33)14-5-4-13(2)18(10-14)24(25,26)27/h4-12H,3H2,1-2H3,(H,30,33). The van der Waals surface area contributed by atoms with Gasteiger partial charge in [0.1, 0.15) is 5.56 Å². The van der Waals surface area contributed by atoms with Crippen LogP contribution in [0.5, 0.6) is 0 Å². The van der Waals surface area contributed by atoms with Crippen LogP contribution in [0.3, 0.4) is 0 Å². The Morgan fingerprint density at radius 2 is 1.92 bits per heavy atom. The van der Waals surface area contributed by atoms with Gasteiger partial charge in [0.25, 0.3) is 11.6 Å². The van der Waals surface area contributed by atoms with Crippen molar-refractivity contribution in [1.82, 2.24) is 14.6 Å². The van der Waals surface area contributed by atoms with Crippen LogP contribution in [0.25, 0.3) is 16.9 Å². The summed E-state index contributed by atoms with van der Waals surface area (Å²) in [5.74, 6) is -1.51. The van der Waals surface area contributed by atoms with Gasteiger partial charge in [-0.2, -0.15) is 18.3 Å². The second-order valence-corrected chi connectivity index (χ2v) is 7.81. The number of aryl methyl sites for hydroxylation is 1. The van der Waals surface area contributed by atoms with Gasteiger partial charge >= 0.3 is 12.1 Å². The summed E-state index contributed by atoms with van der Waals surface area (Å²) in [7, 11) is 0. The summed E-state index contributed by atoms with van der Waals surface area (Å²) in [5, 5.41) is 18.3. The number of rotatable bonds is 6. The molecule has 1 N–H and O–H groups in total. The molecule has 0 unspecified atom stereocenters. The molecule has 2 aromatic heterocycles. The molecule has 0 radical (unpaired) electrons. The van der Waals surface area contributed by atoms with E-state index < -0.39 is 28.5 Å². The number of nitro benzene ring substituents is 1. The van der Waals surface area contributed by atoms with E-state index >= 15 is 0 Å². The van der Waals surface area contributed by atoms with Crippen molar-refractivity contribution in [3.63, 3.8) is 0 Å². The number of alkyl halides is 3. The van der Waals surface area contributed by atoms with Crippen molar-refractivity contribution >= 4 is 28.9 Å². The molecule has 37 heavy (non-hydrogen) atoms. The van der Waals surface area contributed by atoms with Crippen LogP contribution in [0.15, 0.2) is 54.9 Å². The molecular weight excluding hydrogens is 495 g/mol. The molecule has 2 aromatic carbocycles. The Hall–Kier alpha value is -4.81. The van der Waals surface area contributed by atoms with E-state index in [1.807, 2.05) is 0 Å². The molecule has 2 heterocycles. The van der Waals surface area contributed by atoms with Crippen LogP contribution in [0.1, 0.15) is 38.8 Å². The Bertz CT molecular complexity index is 1550. The molecular formula is C24H18F3N5O5. The third-order valence-electron chi connectivity index (χ3n) is 5.43. The predicted octanol–water partition coefficient (Wildman–Crippen LogP) is 5.06. The molecule has 0 spiro atoms. The number of esters is 1. The predicted molar refractivity (Wildman–Crippen MR) is 125 cm³/mol. The van der Waals surface area contributed by atoms with Crippen LogP contribution in [0.2, 0.25) is 0 Å². The first-order chi connectivity index (χ1) is 17.5. The molecule has 13 heteroatoms. The topological polar surface area (TPSA) is 129 Å². The zero-order valence-corrected chi connectivity index (χ0v) is 19.4. The number of carbonyl (C=O) groups excluding carboxylic acids is 2. The monoisotopic (exact) mass is 513 g/mol. The van der Waals surface area contributed by atoms with Gasteiger partial charge in [0.15, 0.2) is 5.65 Å². The van der Waals surface area contributed by atoms with Crippen molar-refractivity contribution in [3.05, 3.63) is 87.2 Å². The number of amides is 1. The number of fused-ring (bicyclic) bond motifs is 1. The summed E-state index contributed by atoms with van der Waals surface area (Å²) >= 11 is 0. The second-order valence-electron chi connectivity index (χ2n) is 7.81. The summed E-state index contributed by atoms with van der Waals surface area (Å²) in [6.45, 7) is 3.03. The van der Waals surface area contributed by atoms with E-state index in [-0.39, 0.29) is 51.6 Å². The molecule has 4 rings (SSSR count). The van der Waals surface area contributed by atoms with E-state index in [1.54, 1.807) is 6.92 Å². The number of halogens is 3. The minimum Gasteiger partial charge on any atom is -0.462 e. The zero-order valence-electron chi connectivity index (χ0n) is 19.4. The molecule has 0 saturated carbocycles. The van der Waals surface area contributed by atoms with Crippen LogP contribution >= 0.6 is 0 Å². The van der Waals surface area contributed by atoms with Gasteiger partial charge in [-0.15, -0.1) is 0 Å². The van der Waals surface area contributed by atoms with Crippen LogP contribution in [-0.2, 0) is 10.9 Å². The molecule has 0 aliphatic heterocycles. The van der Waals surface area contributed by atoms with E-state index in [4.69, 9.17) is 4.74 Å². The first-order valence-corrected chi connectivity index (χ1v) is 10.8. The molecule has 190 valence electrons. The molecule has 0 atom stereocenters. The van der Waals surface area contributed by atoms with Gasteiger partial charge in [0, 0.05) is 23.5 Å². The third-order valence-corrected chi connectivity index (χ3v) is 5.43. The number of nitro groups is 1. The highest BCUT2D eigenvalue weighted by Gasteiger charge is 2.33. The van der Waals surface area contributed by atoms with Gasteiger partial charge in [0.2, 0.25) is 0 Å². The second kappa shape index (κ2) is 9.68. The molecule has 0 bridgehead atoms. The van der Waals surface area contributed by atoms with Crippen molar-refractivity contribution in [2.45, 2.75) is 20.0 Å². The fraction of sp³-hybridized carbons (Fsp3) is 0.167. The van der Waals surface area contributed by atoms with Crippen molar-refractivity contribution < 1.29 is 32.4 Å². The van der Waals surface area contributed by atoms with Gasteiger partial charge in [-0.1, -0.05) is 6.07 Å². The Balaban J connectivity index is 1.75. The van der Waals surface area contributed by atoms with E-state index in [0.29, 0.717) is 0 Å². The summed E-state index contributed by atoms with van der Waals surface area (Å²) in [5.41, 5.74) is -1.13. The van der Waals surface area contributed by atoms with Crippen LogP contribution in [-0.4, -0.2) is 38.0 Å². The number of ether oxygens (including phenoxy) is 1. The molecule has 0 aliphatic rings. The summed E-state index contributed by atoms with van der Waals surface area (Å²) in [6.07, 6.45) is -2.09. The highest BCUT2D eigenvalue weighted by Crippen LogP contribution is 2.34. The number of hydrogen-bond donors (Lipinski definition) is 1. The molecule has 0 saturated heterocycles. The molecule has 0 fully saturated rings. The smallest absolute Gasteiger partial charge is 0.416 e. The zero-order chi connectivity index (χ0) is 26.9. The normalized spacial score (nSPS) is 11.4. The number of hydrogen-bond acceptors (Lipinski definition) is 7. The summed E-state index contributed by atoms with van der Waals surface area (Å²) < 4.78 is 46.0. The first-order valence-electron chi connectivity index (χ1n) is 10.8. The fourth-order valence-electron chi connectivity index (χ4n) is 3.70. The maximum absolute atomic E-state index is 13.3. The van der Waals surface area contributed by atoms with Crippen LogP contribution in [0.4, 0.5) is 24.5 Å². The van der Waals surface area contributed by atoms with Gasteiger partial charge in [-0.25, -0.2) is 14.3 Å². The minimum atomic E-state index is -4.64. The van der Waals surface area contributed by atoms with Gasteiger partial charge in [-0.3, -0.25) is 14.9 Å². The Kier molecular flexibility index (Phi) is 6.62. The van der Waals surface area contributed by atoms with Gasteiger partial charge < -0.3 is 10.1 Å². The number of benzene rings is 2. The van der Waals surface area contributed by atoms with E-state index in [1.165, 1.54) is 54.2 Å². The van der Waals surface area contributed by atoms with E-state index in [9.17, 15) is 32.9 Å². The number of nitrogens with zero attached hydrogens (tertiary/aromatic N) is 4. The summed E-state index contributed by atoms with van der Waals surface area (Å²) in [6, 6.07) is 8.29. The maximum atomic E-state index is 13.3. The maximum Gasteiger partial charge on any atom is 0.416 e. The van der Waals surface area contributed by atoms with Crippen molar-refractivity contribution in [1.29, 1.82) is 0 Å². The highest BCUT2D eigenvalue weighted by atomic mass is 19.4. The number of anilines is 1. The van der Waals surface area contributed by atoms with Crippen LogP contribution < -0.4 is 5.32 Å². The minimum absolute atomic E-state index is 0.0218. The third kappa shape index (κ3) is 4.96. The average Bonchev–Trinajstić information content (AvgIpc) is 3.28. The molecule has 0 aliphatic carbocycles. The molecule has 1 amide bonds. The Labute approximate surface area is 206 Å². The van der Waals surface area contributed by atoms with Crippen molar-refractivity contribution in [3.8, 4) is 11.3 Å². The van der Waals surface area contributed by atoms with Gasteiger partial charge in [0.05, 0.1) is 34.5 Å². The van der Waals surface area contributed by atoms with E-state index in [0.717, 1.165) is 12.1 Å². The lowest BCUT2D eigenvalue weighted by atomic mass is 10.0. The lowest BCUT2D eigenvalue weighted by Crippen LogP contribution is -2.15. The first kappa shape index (κ1) is 25.3. The van der Waals surface area contributed by atoms with E-state index in [2.05, 4.69) is 15.4 Å². The van der Waals surface area contributed by atoms with Crippen molar-refractivity contribution in [2.24, 2.45) is 0 Å². The molecule has 4 aromatic rings. The quantitative estimate of drug-likeness (QED) is 0.217. The van der Waals surface area contributed by atoms with Gasteiger partial charge in [-0.05, 0) is 49.7 Å². The fourth-order valence-corrected chi connectivity index (χ4v) is 3.70. The average molecular weight is 513 g/mol. The highest BCUT2D eigenvalue weighted by molar-refractivity contribution is 6.05. The Morgan fingerprint density at radius 3 is 2.59 bits per heavy atom. The van der Waals surface area contributed by atoms with Crippen LogP contribution in [0, 0.1) is 17.0 Å².